The van der Waals surface area contributed by atoms with Crippen molar-refractivity contribution in [3.63, 3.8) is 0 Å². The van der Waals surface area contributed by atoms with Crippen LogP contribution in [0.4, 0.5) is 4.39 Å². The van der Waals surface area contributed by atoms with Crippen molar-refractivity contribution in [3.05, 3.63) is 71.0 Å². The first-order valence-electron chi connectivity index (χ1n) is 10.0. The lowest BCUT2D eigenvalue weighted by atomic mass is 9.79. The third kappa shape index (κ3) is 4.68. The maximum atomic E-state index is 13.6. The third-order valence-corrected chi connectivity index (χ3v) is 5.33. The Labute approximate surface area is 176 Å². The van der Waals surface area contributed by atoms with Gasteiger partial charge in [0.2, 0.25) is 5.91 Å². The van der Waals surface area contributed by atoms with E-state index in [-0.39, 0.29) is 17.6 Å². The molecule has 1 N–H and O–H groups in total. The van der Waals surface area contributed by atoms with Crippen LogP contribution < -0.4 is 5.32 Å². The molecule has 2 atom stereocenters. The molecule has 0 bridgehead atoms. The van der Waals surface area contributed by atoms with Crippen molar-refractivity contribution >= 4 is 11.8 Å². The molecule has 6 nitrogen and oxygen atoms in total. The van der Waals surface area contributed by atoms with Gasteiger partial charge < -0.3 is 19.9 Å². The summed E-state index contributed by atoms with van der Waals surface area (Å²) < 4.78 is 18.8. The molecule has 1 heterocycles. The lowest BCUT2D eigenvalue weighted by Crippen LogP contribution is -2.49. The van der Waals surface area contributed by atoms with Gasteiger partial charge in [0.1, 0.15) is 5.82 Å². The van der Waals surface area contributed by atoms with Crippen LogP contribution in [0.25, 0.3) is 0 Å². The van der Waals surface area contributed by atoms with Gasteiger partial charge in [0.25, 0.3) is 5.91 Å². The number of fused-ring (bicyclic) bond motifs is 1. The van der Waals surface area contributed by atoms with Crippen molar-refractivity contribution < 1.29 is 18.7 Å². The number of carbonyl (C=O) groups is 2. The van der Waals surface area contributed by atoms with Crippen LogP contribution in [0.2, 0.25) is 0 Å². The highest BCUT2D eigenvalue weighted by atomic mass is 19.1. The van der Waals surface area contributed by atoms with Crippen LogP contribution in [0.15, 0.2) is 48.5 Å². The van der Waals surface area contributed by atoms with Crippen LogP contribution in [-0.2, 0) is 9.53 Å². The predicted octanol–water partition coefficient (Wildman–Crippen LogP) is 2.43. The number of methoxy groups -OCH3 is 1. The fourth-order valence-electron chi connectivity index (χ4n) is 3.85. The highest BCUT2D eigenvalue weighted by molar-refractivity contribution is 6.01. The Balaban J connectivity index is 2.06. The van der Waals surface area contributed by atoms with Crippen molar-refractivity contribution in [1.82, 2.24) is 15.1 Å². The largest absolute Gasteiger partial charge is 0.383 e. The van der Waals surface area contributed by atoms with Gasteiger partial charge in [-0.2, -0.15) is 0 Å². The van der Waals surface area contributed by atoms with Crippen molar-refractivity contribution in [2.45, 2.75) is 12.0 Å². The van der Waals surface area contributed by atoms with Crippen LogP contribution >= 0.6 is 0 Å². The van der Waals surface area contributed by atoms with E-state index in [4.69, 9.17) is 4.74 Å². The summed E-state index contributed by atoms with van der Waals surface area (Å²) in [4.78, 5) is 30.3. The Morgan fingerprint density at radius 1 is 1.17 bits per heavy atom. The first kappa shape index (κ1) is 21.9. The second-order valence-corrected chi connectivity index (χ2v) is 7.65. The first-order valence-corrected chi connectivity index (χ1v) is 10.0. The minimum Gasteiger partial charge on any atom is -0.383 e. The molecule has 2 aromatic rings. The van der Waals surface area contributed by atoms with Crippen molar-refractivity contribution in [1.29, 1.82) is 0 Å². The summed E-state index contributed by atoms with van der Waals surface area (Å²) in [5.74, 6) is -1.29. The number of ether oxygens (including phenoxy) is 1. The Morgan fingerprint density at radius 2 is 1.87 bits per heavy atom. The van der Waals surface area contributed by atoms with Gasteiger partial charge in [0.05, 0.1) is 18.6 Å². The van der Waals surface area contributed by atoms with Crippen molar-refractivity contribution in [2.75, 3.05) is 47.4 Å². The number of benzene rings is 2. The van der Waals surface area contributed by atoms with Gasteiger partial charge in [-0.3, -0.25) is 9.59 Å². The van der Waals surface area contributed by atoms with Crippen molar-refractivity contribution in [2.24, 2.45) is 0 Å². The maximum absolute atomic E-state index is 13.6. The molecule has 0 fully saturated rings. The molecule has 0 radical (unpaired) electrons. The van der Waals surface area contributed by atoms with E-state index >= 15 is 0 Å². The minimum absolute atomic E-state index is 0.158. The Morgan fingerprint density at radius 3 is 2.53 bits per heavy atom. The molecule has 0 aliphatic carbocycles. The SMILES string of the molecule is COCCN1C(=O)c2ccccc2[C@@H](C(=O)NCCN(C)C)[C@@H]1c1ccc(F)cc1. The molecule has 0 saturated carbocycles. The smallest absolute Gasteiger partial charge is 0.254 e. The van der Waals surface area contributed by atoms with Crippen LogP contribution in [0.1, 0.15) is 33.4 Å². The molecule has 0 aromatic heterocycles. The fourth-order valence-corrected chi connectivity index (χ4v) is 3.85. The molecule has 1 aliphatic heterocycles. The quantitative estimate of drug-likeness (QED) is 0.722. The van der Waals surface area contributed by atoms with Gasteiger partial charge in [0, 0.05) is 32.3 Å². The highest BCUT2D eigenvalue weighted by Gasteiger charge is 2.43. The van der Waals surface area contributed by atoms with Gasteiger partial charge in [-0.05, 0) is 43.4 Å². The lowest BCUT2D eigenvalue weighted by Gasteiger charge is -2.41. The Hall–Kier alpha value is -2.77. The van der Waals surface area contributed by atoms with E-state index in [9.17, 15) is 14.0 Å². The van der Waals surface area contributed by atoms with Gasteiger partial charge >= 0.3 is 0 Å². The van der Waals surface area contributed by atoms with Crippen LogP contribution in [0.5, 0.6) is 0 Å². The number of hydrogen-bond donors (Lipinski definition) is 1. The van der Waals surface area contributed by atoms with E-state index in [0.717, 1.165) is 0 Å². The first-order chi connectivity index (χ1) is 14.4. The van der Waals surface area contributed by atoms with Crippen LogP contribution in [-0.4, -0.2) is 69.1 Å². The fraction of sp³-hybridized carbons (Fsp3) is 0.391. The summed E-state index contributed by atoms with van der Waals surface area (Å²) in [5.41, 5.74) is 1.91. The van der Waals surface area contributed by atoms with E-state index in [1.54, 1.807) is 36.3 Å². The molecule has 0 saturated heterocycles. The molecule has 2 amide bonds. The number of halogens is 1. The number of rotatable bonds is 8. The van der Waals surface area contributed by atoms with Gasteiger partial charge in [0.15, 0.2) is 0 Å². The summed E-state index contributed by atoms with van der Waals surface area (Å²) in [7, 11) is 5.45. The van der Waals surface area contributed by atoms with E-state index in [2.05, 4.69) is 5.32 Å². The second-order valence-electron chi connectivity index (χ2n) is 7.65. The number of likely N-dealkylation sites (N-methyl/N-ethyl adjacent to an activating group) is 1. The van der Waals surface area contributed by atoms with E-state index in [1.807, 2.05) is 31.1 Å². The van der Waals surface area contributed by atoms with Crippen LogP contribution in [0.3, 0.4) is 0 Å². The summed E-state index contributed by atoms with van der Waals surface area (Å²) in [6, 6.07) is 12.6. The second kappa shape index (κ2) is 9.82. The van der Waals surface area contributed by atoms with Crippen LogP contribution in [0, 0.1) is 5.82 Å². The predicted molar refractivity (Wildman–Crippen MR) is 113 cm³/mol. The normalized spacial score (nSPS) is 18.4. The maximum Gasteiger partial charge on any atom is 0.254 e. The Bertz CT molecular complexity index is 886. The molecule has 0 unspecified atom stereocenters. The van der Waals surface area contributed by atoms with E-state index in [0.29, 0.717) is 42.9 Å². The zero-order chi connectivity index (χ0) is 21.7. The zero-order valence-electron chi connectivity index (χ0n) is 17.6. The number of nitrogens with zero attached hydrogens (tertiary/aromatic N) is 2. The van der Waals surface area contributed by atoms with Crippen molar-refractivity contribution in [3.8, 4) is 0 Å². The third-order valence-electron chi connectivity index (χ3n) is 5.33. The molecule has 160 valence electrons. The van der Waals surface area contributed by atoms with E-state index in [1.165, 1.54) is 12.1 Å². The topological polar surface area (TPSA) is 61.9 Å². The standard InChI is InChI=1S/C23H28FN3O3/c1-26(2)13-12-25-22(28)20-18-6-4-5-7-19(18)23(29)27(14-15-30-3)21(20)16-8-10-17(24)11-9-16/h4-11,20-21H,12-15H2,1-3H3,(H,25,28)/t20-,21+/m1/s1. The minimum atomic E-state index is -0.608. The number of nitrogens with one attached hydrogen (secondary N) is 1. The molecule has 3 rings (SSSR count). The van der Waals surface area contributed by atoms with Gasteiger partial charge in [-0.1, -0.05) is 30.3 Å². The summed E-state index contributed by atoms with van der Waals surface area (Å²) in [6.45, 7) is 1.86. The molecule has 1 aliphatic rings. The summed E-state index contributed by atoms with van der Waals surface area (Å²) in [6.07, 6.45) is 0. The number of hydrogen-bond acceptors (Lipinski definition) is 4. The molecular formula is C23H28FN3O3. The number of amides is 2. The molecule has 0 spiro atoms. The molecule has 7 heteroatoms. The Kier molecular flexibility index (Phi) is 7.18. The monoisotopic (exact) mass is 413 g/mol. The number of carbonyl (C=O) groups excluding carboxylic acids is 2. The highest BCUT2D eigenvalue weighted by Crippen LogP contribution is 2.42. The molecule has 2 aromatic carbocycles. The lowest BCUT2D eigenvalue weighted by molar-refractivity contribution is -0.124. The van der Waals surface area contributed by atoms with Gasteiger partial charge in [-0.25, -0.2) is 4.39 Å². The zero-order valence-corrected chi connectivity index (χ0v) is 17.6. The summed E-state index contributed by atoms with van der Waals surface area (Å²) in [5, 5.41) is 3.00. The van der Waals surface area contributed by atoms with E-state index < -0.39 is 12.0 Å². The van der Waals surface area contributed by atoms with Gasteiger partial charge in [-0.15, -0.1) is 0 Å². The molecule has 30 heavy (non-hydrogen) atoms. The average Bonchev–Trinajstić information content (AvgIpc) is 2.73. The summed E-state index contributed by atoms with van der Waals surface area (Å²) >= 11 is 0. The average molecular weight is 413 g/mol. The molecular weight excluding hydrogens is 385 g/mol.